The molecule has 1 aliphatic heterocycles. The van der Waals surface area contributed by atoms with Gasteiger partial charge in [0.15, 0.2) is 0 Å². The van der Waals surface area contributed by atoms with E-state index in [9.17, 15) is 14.9 Å². The van der Waals surface area contributed by atoms with Crippen molar-refractivity contribution in [2.75, 3.05) is 30.5 Å². The predicted molar refractivity (Wildman–Crippen MR) is 107 cm³/mol. The molecule has 0 spiro atoms. The number of carbonyl (C=O) groups excluding carboxylic acids is 1. The summed E-state index contributed by atoms with van der Waals surface area (Å²) >= 11 is 0. The van der Waals surface area contributed by atoms with Crippen molar-refractivity contribution in [3.63, 3.8) is 0 Å². The lowest BCUT2D eigenvalue weighted by Crippen LogP contribution is -2.38. The van der Waals surface area contributed by atoms with Crippen molar-refractivity contribution in [2.24, 2.45) is 5.41 Å². The van der Waals surface area contributed by atoms with E-state index in [0.717, 1.165) is 12.8 Å². The van der Waals surface area contributed by atoms with Crippen molar-refractivity contribution >= 4 is 23.4 Å². The average molecular weight is 407 g/mol. The maximum absolute atomic E-state index is 12.2. The molecule has 1 aromatic heterocycles. The third kappa shape index (κ3) is 5.31. The topological polar surface area (TPSA) is 129 Å². The van der Waals surface area contributed by atoms with E-state index in [1.165, 1.54) is 6.20 Å². The molecule has 10 heteroatoms. The number of anilines is 2. The van der Waals surface area contributed by atoms with Gasteiger partial charge in [-0.25, -0.2) is 4.98 Å². The Bertz CT molecular complexity index is 730. The third-order valence-corrected chi connectivity index (χ3v) is 5.72. The van der Waals surface area contributed by atoms with Gasteiger partial charge in [0.2, 0.25) is 11.8 Å². The maximum atomic E-state index is 12.2. The van der Waals surface area contributed by atoms with Crippen LogP contribution in [0.1, 0.15) is 52.4 Å². The van der Waals surface area contributed by atoms with E-state index in [-0.39, 0.29) is 29.6 Å². The fourth-order valence-electron chi connectivity index (χ4n) is 3.81. The average Bonchev–Trinajstić information content (AvgIpc) is 2.71. The van der Waals surface area contributed by atoms with E-state index in [1.807, 2.05) is 6.92 Å². The summed E-state index contributed by atoms with van der Waals surface area (Å²) in [5.74, 6) is 0.413. The first-order valence-corrected chi connectivity index (χ1v) is 10.2. The Morgan fingerprint density at radius 2 is 1.93 bits per heavy atom. The molecule has 2 fully saturated rings. The smallest absolute Gasteiger partial charge is 0.329 e. The Labute approximate surface area is 169 Å². The first-order chi connectivity index (χ1) is 13.9. The fraction of sp³-hybridized carbons (Fsp3) is 0.737. The quantitative estimate of drug-likeness (QED) is 0.398. The van der Waals surface area contributed by atoms with Crippen LogP contribution >= 0.6 is 0 Å². The van der Waals surface area contributed by atoms with Gasteiger partial charge in [-0.3, -0.25) is 14.9 Å². The number of nitro groups is 1. The van der Waals surface area contributed by atoms with Gasteiger partial charge in [-0.05, 0) is 52.4 Å². The highest BCUT2D eigenvalue weighted by molar-refractivity contribution is 5.76. The van der Waals surface area contributed by atoms with Gasteiger partial charge in [0.05, 0.1) is 16.9 Å². The summed E-state index contributed by atoms with van der Waals surface area (Å²) in [5.41, 5.74) is -0.650. The molecule has 2 aliphatic rings. The van der Waals surface area contributed by atoms with Gasteiger partial charge in [0.25, 0.3) is 0 Å². The van der Waals surface area contributed by atoms with Crippen LogP contribution in [0.4, 0.5) is 17.5 Å². The highest BCUT2D eigenvalue weighted by Gasteiger charge is 2.39. The molecule has 29 heavy (non-hydrogen) atoms. The van der Waals surface area contributed by atoms with Crippen molar-refractivity contribution in [2.45, 2.75) is 64.5 Å². The van der Waals surface area contributed by atoms with Gasteiger partial charge in [-0.2, -0.15) is 4.98 Å². The fourth-order valence-corrected chi connectivity index (χ4v) is 3.81. The molecular formula is C19H29N5O5. The van der Waals surface area contributed by atoms with Crippen molar-refractivity contribution in [1.29, 1.82) is 0 Å². The van der Waals surface area contributed by atoms with Crippen LogP contribution in [0.2, 0.25) is 0 Å². The normalized spacial score (nSPS) is 25.2. The first-order valence-electron chi connectivity index (χ1n) is 10.2. The van der Waals surface area contributed by atoms with Crippen molar-refractivity contribution in [3.8, 4) is 0 Å². The molecule has 1 saturated heterocycles. The van der Waals surface area contributed by atoms with E-state index in [0.29, 0.717) is 51.5 Å². The van der Waals surface area contributed by atoms with Crippen LogP contribution < -0.4 is 10.6 Å². The lowest BCUT2D eigenvalue weighted by Gasteiger charge is -2.35. The second kappa shape index (κ2) is 9.34. The van der Waals surface area contributed by atoms with Crippen LogP contribution in [0.25, 0.3) is 0 Å². The molecule has 2 heterocycles. The van der Waals surface area contributed by atoms with E-state index in [1.54, 1.807) is 6.92 Å². The minimum absolute atomic E-state index is 0.00188. The summed E-state index contributed by atoms with van der Waals surface area (Å²) in [6, 6.07) is 0.194. The lowest BCUT2D eigenvalue weighted by molar-refractivity contribution is -0.384. The van der Waals surface area contributed by atoms with Gasteiger partial charge in [0.1, 0.15) is 6.20 Å². The molecule has 1 aromatic rings. The number of carbonyl (C=O) groups is 1. The number of nitrogens with zero attached hydrogens (tertiary/aromatic N) is 3. The second-order valence-electron chi connectivity index (χ2n) is 7.92. The number of esters is 1. The molecule has 3 rings (SSSR count). The van der Waals surface area contributed by atoms with Crippen LogP contribution in [0.3, 0.4) is 0 Å². The molecule has 1 aliphatic carbocycles. The monoisotopic (exact) mass is 407 g/mol. The van der Waals surface area contributed by atoms with Crippen molar-refractivity contribution < 1.29 is 19.2 Å². The molecule has 0 atom stereocenters. The van der Waals surface area contributed by atoms with Gasteiger partial charge >= 0.3 is 11.7 Å². The molecule has 0 amide bonds. The molecule has 10 nitrogen and oxygen atoms in total. The Balaban J connectivity index is 1.66. The molecule has 2 N–H and O–H groups in total. The van der Waals surface area contributed by atoms with E-state index in [4.69, 9.17) is 9.47 Å². The Morgan fingerprint density at radius 1 is 1.28 bits per heavy atom. The summed E-state index contributed by atoms with van der Waals surface area (Å²) in [6.45, 7) is 5.44. The summed E-state index contributed by atoms with van der Waals surface area (Å²) in [5, 5.41) is 17.9. The summed E-state index contributed by atoms with van der Waals surface area (Å²) in [4.78, 5) is 31.6. The van der Waals surface area contributed by atoms with Crippen LogP contribution in [-0.2, 0) is 14.3 Å². The van der Waals surface area contributed by atoms with E-state index >= 15 is 0 Å². The molecule has 160 valence electrons. The van der Waals surface area contributed by atoms with Gasteiger partial charge in [0, 0.05) is 25.3 Å². The molecule has 0 unspecified atom stereocenters. The molecule has 0 aromatic carbocycles. The largest absolute Gasteiger partial charge is 0.466 e. The predicted octanol–water partition coefficient (Wildman–Crippen LogP) is 2.90. The Hall–Kier alpha value is -2.49. The number of aromatic nitrogens is 2. The first kappa shape index (κ1) is 21.2. The second-order valence-corrected chi connectivity index (χ2v) is 7.92. The van der Waals surface area contributed by atoms with Gasteiger partial charge < -0.3 is 20.1 Å². The molecule has 0 radical (unpaired) electrons. The minimum Gasteiger partial charge on any atom is -0.466 e. The highest BCUT2D eigenvalue weighted by atomic mass is 16.6. The summed E-state index contributed by atoms with van der Waals surface area (Å²) in [6.07, 6.45) is 5.67. The minimum atomic E-state index is -0.498. The number of hydrogen-bond acceptors (Lipinski definition) is 9. The van der Waals surface area contributed by atoms with E-state index in [2.05, 4.69) is 20.6 Å². The third-order valence-electron chi connectivity index (χ3n) is 5.72. The number of nitrogens with one attached hydrogen (secondary N) is 2. The zero-order chi connectivity index (χ0) is 20.9. The number of rotatable bonds is 7. The zero-order valence-electron chi connectivity index (χ0n) is 17.0. The molecular weight excluding hydrogens is 378 g/mol. The SMILES string of the molecule is CCOC(=O)C1(C)CCC(Nc2nc(NC3CCOCC3)ncc2[N+](=O)[O-])CC1. The molecule has 0 bridgehead atoms. The van der Waals surface area contributed by atoms with Crippen molar-refractivity contribution in [3.05, 3.63) is 16.3 Å². The summed E-state index contributed by atoms with van der Waals surface area (Å²) < 4.78 is 10.5. The van der Waals surface area contributed by atoms with E-state index < -0.39 is 10.3 Å². The van der Waals surface area contributed by atoms with Crippen LogP contribution in [0.15, 0.2) is 6.20 Å². The zero-order valence-corrected chi connectivity index (χ0v) is 17.0. The van der Waals surface area contributed by atoms with Crippen LogP contribution in [-0.4, -0.2) is 52.8 Å². The van der Waals surface area contributed by atoms with Gasteiger partial charge in [-0.1, -0.05) is 0 Å². The highest BCUT2D eigenvalue weighted by Crippen LogP contribution is 2.38. The van der Waals surface area contributed by atoms with Gasteiger partial charge in [-0.15, -0.1) is 0 Å². The maximum Gasteiger partial charge on any atom is 0.329 e. The van der Waals surface area contributed by atoms with Crippen molar-refractivity contribution in [1.82, 2.24) is 9.97 Å². The lowest BCUT2D eigenvalue weighted by atomic mass is 9.74. The molecule has 1 saturated carbocycles. The Morgan fingerprint density at radius 3 is 2.55 bits per heavy atom. The number of hydrogen-bond donors (Lipinski definition) is 2. The van der Waals surface area contributed by atoms with Crippen LogP contribution in [0.5, 0.6) is 0 Å². The summed E-state index contributed by atoms with van der Waals surface area (Å²) in [7, 11) is 0. The standard InChI is InChI=1S/C19H29N5O5/c1-3-29-17(25)19(2)8-4-13(5-9-19)21-16-15(24(26)27)12-20-18(23-16)22-14-6-10-28-11-7-14/h12-14H,3-11H2,1-2H3,(H2,20,21,22,23). The number of ether oxygens (including phenoxy) is 2. The Kier molecular flexibility index (Phi) is 6.83. The van der Waals surface area contributed by atoms with Crippen LogP contribution in [0, 0.1) is 15.5 Å².